The lowest BCUT2D eigenvalue weighted by Gasteiger charge is -2.34. The average molecular weight is 751 g/mol. The first kappa shape index (κ1) is 32.4. The predicted octanol–water partition coefficient (Wildman–Crippen LogP) is 15.5. The highest BCUT2D eigenvalue weighted by Crippen LogP contribution is 2.57. The fourth-order valence-electron chi connectivity index (χ4n) is 10.1. The van der Waals surface area contributed by atoms with E-state index in [1.165, 1.54) is 66.1 Å². The van der Waals surface area contributed by atoms with Crippen LogP contribution in [0.4, 0.5) is 0 Å². The summed E-state index contributed by atoms with van der Waals surface area (Å²) in [4.78, 5) is 0. The molecule has 2 heterocycles. The molecule has 1 aliphatic rings. The van der Waals surface area contributed by atoms with Crippen LogP contribution in [-0.4, -0.2) is 0 Å². The minimum Gasteiger partial charge on any atom is -0.456 e. The van der Waals surface area contributed by atoms with Gasteiger partial charge in [0, 0.05) is 21.5 Å². The Hall–Kier alpha value is -7.68. The van der Waals surface area contributed by atoms with Crippen LogP contribution in [0.3, 0.4) is 0 Å². The number of benzene rings is 10. The zero-order valence-corrected chi connectivity index (χ0v) is 31.9. The molecule has 0 radical (unpaired) electrons. The van der Waals surface area contributed by atoms with E-state index in [0.29, 0.717) is 0 Å². The smallest absolute Gasteiger partial charge is 0.136 e. The summed E-state index contributed by atoms with van der Waals surface area (Å²) in [5.41, 5.74) is 15.3. The van der Waals surface area contributed by atoms with Crippen molar-refractivity contribution in [3.8, 4) is 33.4 Å². The lowest BCUT2D eigenvalue weighted by Crippen LogP contribution is -2.28. The van der Waals surface area contributed by atoms with Crippen LogP contribution in [0.25, 0.3) is 98.8 Å². The van der Waals surface area contributed by atoms with Gasteiger partial charge in [0.25, 0.3) is 0 Å². The Morgan fingerprint density at radius 1 is 0.271 bits per heavy atom. The van der Waals surface area contributed by atoms with Crippen LogP contribution in [-0.2, 0) is 5.41 Å². The molecule has 2 aromatic heterocycles. The summed E-state index contributed by atoms with van der Waals surface area (Å²) in [7, 11) is 0. The molecule has 0 spiro atoms. The zero-order chi connectivity index (χ0) is 38.7. The molecule has 0 bridgehead atoms. The largest absolute Gasteiger partial charge is 0.456 e. The van der Waals surface area contributed by atoms with Crippen molar-refractivity contribution in [1.82, 2.24) is 0 Å². The van der Waals surface area contributed by atoms with Gasteiger partial charge in [0.2, 0.25) is 0 Å². The van der Waals surface area contributed by atoms with Crippen LogP contribution in [0.5, 0.6) is 0 Å². The van der Waals surface area contributed by atoms with Gasteiger partial charge in [0.1, 0.15) is 22.3 Å². The van der Waals surface area contributed by atoms with E-state index < -0.39 is 5.41 Å². The second-order valence-electron chi connectivity index (χ2n) is 16.0. The molecule has 0 N–H and O–H groups in total. The average Bonchev–Trinajstić information content (AvgIpc) is 3.94. The van der Waals surface area contributed by atoms with E-state index in [0.717, 1.165) is 55.0 Å². The maximum absolute atomic E-state index is 6.42. The maximum atomic E-state index is 6.42. The molecular formula is C57H34O2. The van der Waals surface area contributed by atoms with Crippen LogP contribution in [0.1, 0.15) is 22.3 Å². The van der Waals surface area contributed by atoms with E-state index in [9.17, 15) is 0 Å². The Balaban J connectivity index is 1.02. The Bertz CT molecular complexity index is 3420. The first-order valence-corrected chi connectivity index (χ1v) is 20.3. The summed E-state index contributed by atoms with van der Waals surface area (Å²) < 4.78 is 12.8. The van der Waals surface area contributed by atoms with Crippen molar-refractivity contribution in [3.63, 3.8) is 0 Å². The first-order valence-electron chi connectivity index (χ1n) is 20.3. The predicted molar refractivity (Wildman–Crippen MR) is 244 cm³/mol. The normalized spacial score (nSPS) is 13.2. The third-order valence-electron chi connectivity index (χ3n) is 12.9. The number of hydrogen-bond donors (Lipinski definition) is 0. The van der Waals surface area contributed by atoms with Gasteiger partial charge in [0.05, 0.1) is 5.41 Å². The van der Waals surface area contributed by atoms with Crippen LogP contribution < -0.4 is 0 Å². The fourth-order valence-corrected chi connectivity index (χ4v) is 10.1. The molecule has 0 unspecified atom stereocenters. The topological polar surface area (TPSA) is 26.3 Å². The van der Waals surface area contributed by atoms with E-state index in [-0.39, 0.29) is 0 Å². The number of fused-ring (bicyclic) bond motifs is 11. The number of furan rings is 2. The number of hydrogen-bond acceptors (Lipinski definition) is 2. The molecule has 59 heavy (non-hydrogen) atoms. The molecule has 2 nitrogen and oxygen atoms in total. The summed E-state index contributed by atoms with van der Waals surface area (Å²) in [6.45, 7) is 0. The molecule has 0 fully saturated rings. The second-order valence-corrected chi connectivity index (χ2v) is 16.0. The van der Waals surface area contributed by atoms with Gasteiger partial charge in [-0.25, -0.2) is 0 Å². The highest BCUT2D eigenvalue weighted by atomic mass is 16.3. The third-order valence-corrected chi connectivity index (χ3v) is 12.9. The maximum Gasteiger partial charge on any atom is 0.136 e. The summed E-state index contributed by atoms with van der Waals surface area (Å²) in [6, 6.07) is 75.4. The van der Waals surface area contributed by atoms with Crippen LogP contribution in [0.2, 0.25) is 0 Å². The van der Waals surface area contributed by atoms with Crippen LogP contribution >= 0.6 is 0 Å². The second kappa shape index (κ2) is 12.2. The molecule has 0 atom stereocenters. The van der Waals surface area contributed by atoms with Crippen molar-refractivity contribution in [1.29, 1.82) is 0 Å². The highest BCUT2D eigenvalue weighted by molar-refractivity contribution is 6.12. The Morgan fingerprint density at radius 3 is 1.07 bits per heavy atom. The summed E-state index contributed by atoms with van der Waals surface area (Å²) in [5.74, 6) is 0. The highest BCUT2D eigenvalue weighted by Gasteiger charge is 2.46. The molecule has 10 aromatic carbocycles. The fraction of sp³-hybridized carbons (Fsp3) is 0.0175. The van der Waals surface area contributed by atoms with Gasteiger partial charge < -0.3 is 8.83 Å². The lowest BCUT2D eigenvalue weighted by molar-refractivity contribution is 0.669. The molecule has 2 heteroatoms. The van der Waals surface area contributed by atoms with E-state index in [1.54, 1.807) is 0 Å². The van der Waals surface area contributed by atoms with Crippen molar-refractivity contribution in [2.45, 2.75) is 5.41 Å². The van der Waals surface area contributed by atoms with Crippen molar-refractivity contribution in [2.24, 2.45) is 0 Å². The molecule has 274 valence electrons. The summed E-state index contributed by atoms with van der Waals surface area (Å²) in [5, 5.41) is 9.33. The Morgan fingerprint density at radius 2 is 0.627 bits per heavy atom. The van der Waals surface area contributed by atoms with Crippen LogP contribution in [0, 0.1) is 0 Å². The first-order chi connectivity index (χ1) is 29.2. The Kier molecular flexibility index (Phi) is 6.68. The monoisotopic (exact) mass is 750 g/mol. The third kappa shape index (κ3) is 4.69. The van der Waals surface area contributed by atoms with Crippen molar-refractivity contribution >= 4 is 65.4 Å². The molecule has 1 aliphatic carbocycles. The van der Waals surface area contributed by atoms with Crippen molar-refractivity contribution in [3.05, 3.63) is 229 Å². The van der Waals surface area contributed by atoms with E-state index in [1.807, 2.05) is 0 Å². The van der Waals surface area contributed by atoms with Gasteiger partial charge in [-0.15, -0.1) is 0 Å². The van der Waals surface area contributed by atoms with Crippen LogP contribution in [0.15, 0.2) is 215 Å². The van der Waals surface area contributed by atoms with Gasteiger partial charge >= 0.3 is 0 Å². The van der Waals surface area contributed by atoms with E-state index in [2.05, 4.69) is 206 Å². The molecule has 0 aliphatic heterocycles. The summed E-state index contributed by atoms with van der Waals surface area (Å²) >= 11 is 0. The minimum atomic E-state index is -0.560. The molecular weight excluding hydrogens is 717 g/mol. The SMILES string of the molecule is c1ccc(C2(c3ccccc3)c3cc(-c4ccc5oc6cc7ccccc7cc6c5c4)ccc3-c3ccc(-c4ccc5oc6cc7ccccc7cc6c5c4)cc32)cc1. The van der Waals surface area contributed by atoms with Gasteiger partial charge in [-0.3, -0.25) is 0 Å². The quantitative estimate of drug-likeness (QED) is 0.179. The van der Waals surface area contributed by atoms with Gasteiger partial charge in [-0.1, -0.05) is 146 Å². The van der Waals surface area contributed by atoms with Gasteiger partial charge in [-0.2, -0.15) is 0 Å². The zero-order valence-electron chi connectivity index (χ0n) is 31.9. The van der Waals surface area contributed by atoms with Crippen molar-refractivity contribution < 1.29 is 8.83 Å². The Labute approximate surface area is 340 Å². The standard InChI is InChI=1S/C57H34O2/c1-3-15-43(16-4-1)57(44-17-5-2-6-18-44)51-31-41(39-21-25-53-47(29-39)49-27-35-11-7-9-13-37(35)33-55(49)58-53)19-23-45(51)46-24-20-42(32-52(46)57)40-22-26-54-48(30-40)50-28-36-12-8-10-14-38(36)34-56(50)59-54/h1-34H. The molecule has 0 amide bonds. The van der Waals surface area contributed by atoms with Gasteiger partial charge in [-0.05, 0) is 138 Å². The summed E-state index contributed by atoms with van der Waals surface area (Å²) in [6.07, 6.45) is 0. The van der Waals surface area contributed by atoms with Gasteiger partial charge in [0.15, 0.2) is 0 Å². The lowest BCUT2D eigenvalue weighted by atomic mass is 9.67. The molecule has 12 aromatic rings. The van der Waals surface area contributed by atoms with E-state index >= 15 is 0 Å². The van der Waals surface area contributed by atoms with Crippen molar-refractivity contribution in [2.75, 3.05) is 0 Å². The number of rotatable bonds is 4. The molecule has 0 saturated carbocycles. The molecule has 0 saturated heterocycles. The van der Waals surface area contributed by atoms with E-state index in [4.69, 9.17) is 8.83 Å². The molecule has 13 rings (SSSR count). The minimum absolute atomic E-state index is 0.560.